The van der Waals surface area contributed by atoms with Crippen molar-refractivity contribution in [2.24, 2.45) is 0 Å². The van der Waals surface area contributed by atoms with Crippen LogP contribution in [0.1, 0.15) is 30.9 Å². The van der Waals surface area contributed by atoms with Crippen molar-refractivity contribution in [3.05, 3.63) is 52.0 Å². The number of halogens is 2. The maximum Gasteiger partial charge on any atom is 0.238 e. The van der Waals surface area contributed by atoms with Crippen LogP contribution in [-0.4, -0.2) is 37.1 Å². The molecule has 0 bridgehead atoms. The number of carbonyl (C=O) groups is 1. The molecule has 1 fully saturated rings. The van der Waals surface area contributed by atoms with Crippen molar-refractivity contribution >= 4 is 34.8 Å². The number of hydrogen-bond donors (Lipinski definition) is 1. The first kappa shape index (κ1) is 19.4. The molecule has 0 aromatic heterocycles. The predicted molar refractivity (Wildman–Crippen MR) is 111 cm³/mol. The average Bonchev–Trinajstić information content (AvgIpc) is 3.00. The second kappa shape index (κ2) is 8.60. The summed E-state index contributed by atoms with van der Waals surface area (Å²) in [6, 6.07) is 11.3. The molecule has 0 saturated carbocycles. The van der Waals surface area contributed by atoms with Gasteiger partial charge in [0.15, 0.2) is 11.5 Å². The molecule has 4 rings (SSSR count). The lowest BCUT2D eigenvalue weighted by Gasteiger charge is -2.25. The number of rotatable bonds is 4. The number of benzene rings is 2. The maximum atomic E-state index is 12.6. The number of amides is 1. The van der Waals surface area contributed by atoms with Crippen LogP contribution >= 0.6 is 23.2 Å². The topological polar surface area (TPSA) is 50.8 Å². The molecule has 1 saturated heterocycles. The number of fused-ring (bicyclic) bond motifs is 1. The van der Waals surface area contributed by atoms with E-state index in [-0.39, 0.29) is 11.9 Å². The van der Waals surface area contributed by atoms with Gasteiger partial charge in [-0.1, -0.05) is 29.3 Å². The third-order valence-electron chi connectivity index (χ3n) is 5.07. The van der Waals surface area contributed by atoms with E-state index in [4.69, 9.17) is 32.7 Å². The standard InChI is InChI=1S/C21H22Cl2N2O3/c22-15-5-6-16(23)17(12-15)24-21(26)13-25-8-1-3-18(25)14-4-7-19-20(11-14)28-10-2-9-27-19/h4-7,11-12,18H,1-3,8-10,13H2,(H,24,26)/t18-/m1/s1. The van der Waals surface area contributed by atoms with Crippen LogP contribution in [0.25, 0.3) is 0 Å². The first-order chi connectivity index (χ1) is 13.6. The van der Waals surface area contributed by atoms with Crippen LogP contribution in [0.15, 0.2) is 36.4 Å². The van der Waals surface area contributed by atoms with Gasteiger partial charge >= 0.3 is 0 Å². The Kier molecular flexibility index (Phi) is 5.95. The number of anilines is 1. The fourth-order valence-electron chi connectivity index (χ4n) is 3.75. The zero-order chi connectivity index (χ0) is 19.5. The molecular formula is C21H22Cl2N2O3. The fourth-order valence-corrected chi connectivity index (χ4v) is 4.08. The quantitative estimate of drug-likeness (QED) is 0.761. The van der Waals surface area contributed by atoms with Gasteiger partial charge in [-0.15, -0.1) is 0 Å². The van der Waals surface area contributed by atoms with E-state index in [9.17, 15) is 4.79 Å². The Bertz CT molecular complexity index is 875. The van der Waals surface area contributed by atoms with E-state index in [1.54, 1.807) is 18.2 Å². The van der Waals surface area contributed by atoms with Crippen LogP contribution in [0.3, 0.4) is 0 Å². The van der Waals surface area contributed by atoms with E-state index >= 15 is 0 Å². The van der Waals surface area contributed by atoms with Crippen molar-refractivity contribution in [2.75, 3.05) is 31.6 Å². The van der Waals surface area contributed by atoms with Crippen molar-refractivity contribution in [2.45, 2.75) is 25.3 Å². The highest BCUT2D eigenvalue weighted by molar-refractivity contribution is 6.35. The van der Waals surface area contributed by atoms with Crippen molar-refractivity contribution in [3.8, 4) is 11.5 Å². The van der Waals surface area contributed by atoms with E-state index in [1.807, 2.05) is 6.07 Å². The summed E-state index contributed by atoms with van der Waals surface area (Å²) in [4.78, 5) is 14.8. The van der Waals surface area contributed by atoms with Gasteiger partial charge in [-0.2, -0.15) is 0 Å². The zero-order valence-corrected chi connectivity index (χ0v) is 16.9. The van der Waals surface area contributed by atoms with Crippen molar-refractivity contribution < 1.29 is 14.3 Å². The Balaban J connectivity index is 1.45. The Hall–Kier alpha value is -1.95. The van der Waals surface area contributed by atoms with E-state index in [2.05, 4.69) is 22.3 Å². The third kappa shape index (κ3) is 4.37. The van der Waals surface area contributed by atoms with E-state index < -0.39 is 0 Å². The molecule has 0 spiro atoms. The lowest BCUT2D eigenvalue weighted by molar-refractivity contribution is -0.117. The second-order valence-electron chi connectivity index (χ2n) is 7.06. The highest BCUT2D eigenvalue weighted by atomic mass is 35.5. The highest BCUT2D eigenvalue weighted by Crippen LogP contribution is 2.37. The molecule has 0 aliphatic carbocycles. The fraction of sp³-hybridized carbons (Fsp3) is 0.381. The van der Waals surface area contributed by atoms with Crippen LogP contribution in [0.5, 0.6) is 11.5 Å². The first-order valence-electron chi connectivity index (χ1n) is 9.48. The van der Waals surface area contributed by atoms with E-state index in [1.165, 1.54) is 0 Å². The third-order valence-corrected chi connectivity index (χ3v) is 5.63. The van der Waals surface area contributed by atoms with Gasteiger partial charge < -0.3 is 14.8 Å². The van der Waals surface area contributed by atoms with E-state index in [0.717, 1.165) is 42.9 Å². The molecule has 1 amide bonds. The molecule has 28 heavy (non-hydrogen) atoms. The minimum absolute atomic E-state index is 0.106. The molecule has 2 aliphatic rings. The number of likely N-dealkylation sites (tertiary alicyclic amines) is 1. The molecule has 0 unspecified atom stereocenters. The van der Waals surface area contributed by atoms with Crippen LogP contribution in [0, 0.1) is 0 Å². The average molecular weight is 421 g/mol. The van der Waals surface area contributed by atoms with Crippen LogP contribution in [-0.2, 0) is 4.79 Å². The lowest BCUT2D eigenvalue weighted by Crippen LogP contribution is -2.33. The molecule has 1 N–H and O–H groups in total. The Morgan fingerprint density at radius 1 is 1.07 bits per heavy atom. The second-order valence-corrected chi connectivity index (χ2v) is 7.90. The van der Waals surface area contributed by atoms with Gasteiger partial charge in [0.25, 0.3) is 0 Å². The summed E-state index contributed by atoms with van der Waals surface area (Å²) in [7, 11) is 0. The van der Waals surface area contributed by atoms with Crippen molar-refractivity contribution in [3.63, 3.8) is 0 Å². The van der Waals surface area contributed by atoms with Crippen molar-refractivity contribution in [1.29, 1.82) is 0 Å². The van der Waals surface area contributed by atoms with Crippen LogP contribution < -0.4 is 14.8 Å². The number of ether oxygens (including phenoxy) is 2. The van der Waals surface area contributed by atoms with Gasteiger partial charge in [0.05, 0.1) is 30.5 Å². The van der Waals surface area contributed by atoms with Gasteiger partial charge in [0, 0.05) is 17.5 Å². The van der Waals surface area contributed by atoms with Gasteiger partial charge in [0.1, 0.15) is 0 Å². The van der Waals surface area contributed by atoms with Gasteiger partial charge in [-0.05, 0) is 55.3 Å². The summed E-state index contributed by atoms with van der Waals surface area (Å²) in [6.45, 7) is 2.50. The monoisotopic (exact) mass is 420 g/mol. The number of nitrogens with zero attached hydrogens (tertiary/aromatic N) is 1. The van der Waals surface area contributed by atoms with Crippen molar-refractivity contribution in [1.82, 2.24) is 4.90 Å². The molecule has 7 heteroatoms. The van der Waals surface area contributed by atoms with Gasteiger partial charge in [-0.3, -0.25) is 9.69 Å². The van der Waals surface area contributed by atoms with Gasteiger partial charge in [-0.25, -0.2) is 0 Å². The molecule has 2 aromatic carbocycles. The summed E-state index contributed by atoms with van der Waals surface area (Å²) in [6.07, 6.45) is 2.93. The molecule has 2 heterocycles. The minimum atomic E-state index is -0.106. The summed E-state index contributed by atoms with van der Waals surface area (Å²) in [5, 5.41) is 3.87. The number of nitrogens with one attached hydrogen (secondary N) is 1. The SMILES string of the molecule is O=C(CN1CCC[C@@H]1c1ccc2c(c1)OCCCO2)Nc1cc(Cl)ccc1Cl. The largest absolute Gasteiger partial charge is 0.490 e. The smallest absolute Gasteiger partial charge is 0.238 e. The molecule has 2 aromatic rings. The molecule has 2 aliphatic heterocycles. The maximum absolute atomic E-state index is 12.6. The normalized spacial score (nSPS) is 19.3. The zero-order valence-electron chi connectivity index (χ0n) is 15.4. The van der Waals surface area contributed by atoms with Crippen LogP contribution in [0.4, 0.5) is 5.69 Å². The highest BCUT2D eigenvalue weighted by Gasteiger charge is 2.28. The summed E-state index contributed by atoms with van der Waals surface area (Å²) in [5.74, 6) is 1.47. The van der Waals surface area contributed by atoms with Gasteiger partial charge in [0.2, 0.25) is 5.91 Å². The molecule has 1 atom stereocenters. The predicted octanol–water partition coefficient (Wildman–Crippen LogP) is 4.93. The minimum Gasteiger partial charge on any atom is -0.490 e. The molecule has 5 nitrogen and oxygen atoms in total. The Morgan fingerprint density at radius 3 is 2.75 bits per heavy atom. The number of hydrogen-bond acceptors (Lipinski definition) is 4. The lowest BCUT2D eigenvalue weighted by atomic mass is 10.0. The summed E-state index contributed by atoms with van der Waals surface area (Å²) in [5.41, 5.74) is 1.68. The summed E-state index contributed by atoms with van der Waals surface area (Å²) >= 11 is 12.2. The first-order valence-corrected chi connectivity index (χ1v) is 10.2. The Morgan fingerprint density at radius 2 is 1.89 bits per heavy atom. The summed E-state index contributed by atoms with van der Waals surface area (Å²) < 4.78 is 11.5. The molecule has 0 radical (unpaired) electrons. The number of carbonyl (C=O) groups excluding carboxylic acids is 1. The van der Waals surface area contributed by atoms with Crippen LogP contribution in [0.2, 0.25) is 10.0 Å². The Labute approximate surface area is 174 Å². The molecular weight excluding hydrogens is 399 g/mol. The van der Waals surface area contributed by atoms with E-state index in [0.29, 0.717) is 35.5 Å². The molecule has 148 valence electrons.